The number of hydrogen-bond acceptors (Lipinski definition) is 6. The second kappa shape index (κ2) is 9.65. The molecule has 26 heavy (non-hydrogen) atoms. The Hall–Kier alpha value is -2.77. The van der Waals surface area contributed by atoms with Crippen LogP contribution in [0.5, 0.6) is 0 Å². The van der Waals surface area contributed by atoms with E-state index in [4.69, 9.17) is 10.2 Å². The van der Waals surface area contributed by atoms with E-state index in [0.717, 1.165) is 16.9 Å². The summed E-state index contributed by atoms with van der Waals surface area (Å²) in [5, 5.41) is 29.5. The number of azo groups is 1. The molecule has 0 unspecified atom stereocenters. The third-order valence-electron chi connectivity index (χ3n) is 3.75. The smallest absolute Gasteiger partial charge is 0.221 e. The van der Waals surface area contributed by atoms with E-state index in [-0.39, 0.29) is 19.1 Å². The van der Waals surface area contributed by atoms with Crippen LogP contribution in [0.2, 0.25) is 0 Å². The Morgan fingerprint density at radius 3 is 2.23 bits per heavy atom. The van der Waals surface area contributed by atoms with Gasteiger partial charge in [0.15, 0.2) is 0 Å². The van der Waals surface area contributed by atoms with Gasteiger partial charge in [0.1, 0.15) is 0 Å². The van der Waals surface area contributed by atoms with E-state index in [0.29, 0.717) is 24.5 Å². The number of carbonyl (C=O) groups excluding carboxylic acids is 1. The van der Waals surface area contributed by atoms with Gasteiger partial charge in [0, 0.05) is 31.4 Å². The van der Waals surface area contributed by atoms with Crippen LogP contribution in [-0.4, -0.2) is 42.4 Å². The van der Waals surface area contributed by atoms with E-state index >= 15 is 0 Å². The maximum atomic E-state index is 11.0. The fraction of sp³-hybridized carbons (Fsp3) is 0.316. The molecule has 138 valence electrons. The largest absolute Gasteiger partial charge is 0.395 e. The van der Waals surface area contributed by atoms with Gasteiger partial charge in [-0.25, -0.2) is 0 Å². The van der Waals surface area contributed by atoms with Gasteiger partial charge in [0.2, 0.25) is 5.91 Å². The first-order valence-corrected chi connectivity index (χ1v) is 8.40. The lowest BCUT2D eigenvalue weighted by atomic mass is 10.1. The number of aliphatic hydroxyl groups is 2. The summed E-state index contributed by atoms with van der Waals surface area (Å²) in [4.78, 5) is 12.9. The monoisotopic (exact) mass is 356 g/mol. The van der Waals surface area contributed by atoms with E-state index in [2.05, 4.69) is 15.5 Å². The van der Waals surface area contributed by atoms with Crippen molar-refractivity contribution in [2.24, 2.45) is 10.2 Å². The van der Waals surface area contributed by atoms with Crippen LogP contribution in [0.1, 0.15) is 12.5 Å². The van der Waals surface area contributed by atoms with E-state index < -0.39 is 0 Å². The number of benzene rings is 2. The topological polar surface area (TPSA) is 97.5 Å². The number of nitrogens with zero attached hydrogens (tertiary/aromatic N) is 3. The van der Waals surface area contributed by atoms with Crippen molar-refractivity contribution in [3.63, 3.8) is 0 Å². The van der Waals surface area contributed by atoms with Gasteiger partial charge in [0.25, 0.3) is 0 Å². The van der Waals surface area contributed by atoms with Gasteiger partial charge in [0.05, 0.1) is 24.6 Å². The van der Waals surface area contributed by atoms with Crippen molar-refractivity contribution in [3.05, 3.63) is 48.0 Å². The number of carbonyl (C=O) groups is 1. The summed E-state index contributed by atoms with van der Waals surface area (Å²) in [7, 11) is 0. The second-order valence-electron chi connectivity index (χ2n) is 5.83. The highest BCUT2D eigenvalue weighted by Gasteiger charge is 2.07. The molecule has 2 aromatic rings. The lowest BCUT2D eigenvalue weighted by molar-refractivity contribution is -0.114. The van der Waals surface area contributed by atoms with Gasteiger partial charge < -0.3 is 20.4 Å². The van der Waals surface area contributed by atoms with Gasteiger partial charge in [-0.2, -0.15) is 10.2 Å². The number of aliphatic hydroxyl groups excluding tert-OH is 2. The predicted octanol–water partition coefficient (Wildman–Crippen LogP) is 3.16. The Morgan fingerprint density at radius 2 is 1.69 bits per heavy atom. The van der Waals surface area contributed by atoms with Crippen LogP contribution in [0.4, 0.5) is 22.7 Å². The number of nitrogens with one attached hydrogen (secondary N) is 1. The Labute approximate surface area is 153 Å². The zero-order valence-corrected chi connectivity index (χ0v) is 15.0. The Kier molecular flexibility index (Phi) is 7.25. The van der Waals surface area contributed by atoms with Gasteiger partial charge >= 0.3 is 0 Å². The van der Waals surface area contributed by atoms with Crippen LogP contribution >= 0.6 is 0 Å². The summed E-state index contributed by atoms with van der Waals surface area (Å²) < 4.78 is 0. The molecule has 0 atom stereocenters. The van der Waals surface area contributed by atoms with Crippen molar-refractivity contribution < 1.29 is 15.0 Å². The molecule has 0 saturated carbocycles. The van der Waals surface area contributed by atoms with Crippen molar-refractivity contribution >= 4 is 28.7 Å². The first-order valence-electron chi connectivity index (χ1n) is 8.40. The molecular formula is C19H24N4O3. The average Bonchev–Trinajstić information content (AvgIpc) is 2.61. The minimum absolute atomic E-state index is 0.0228. The zero-order chi connectivity index (χ0) is 18.9. The highest BCUT2D eigenvalue weighted by atomic mass is 16.3. The third-order valence-corrected chi connectivity index (χ3v) is 3.75. The molecule has 0 radical (unpaired) electrons. The highest BCUT2D eigenvalue weighted by Crippen LogP contribution is 2.27. The molecule has 0 bridgehead atoms. The molecule has 0 heterocycles. The molecule has 7 nitrogen and oxygen atoms in total. The number of rotatable bonds is 8. The lowest BCUT2D eigenvalue weighted by Gasteiger charge is -2.23. The Morgan fingerprint density at radius 1 is 1.04 bits per heavy atom. The highest BCUT2D eigenvalue weighted by molar-refractivity contribution is 5.88. The molecule has 2 rings (SSSR count). The second-order valence-corrected chi connectivity index (χ2v) is 5.83. The maximum absolute atomic E-state index is 11.0. The lowest BCUT2D eigenvalue weighted by Crippen LogP contribution is -2.29. The Bertz CT molecular complexity index is 754. The van der Waals surface area contributed by atoms with Crippen LogP contribution in [0.25, 0.3) is 0 Å². The minimum atomic E-state index is -0.119. The summed E-state index contributed by atoms with van der Waals surface area (Å²) in [5.74, 6) is -0.119. The summed E-state index contributed by atoms with van der Waals surface area (Å²) in [6.07, 6.45) is 0. The SMILES string of the molecule is CC(=O)Nc1ccc(N=Nc2ccc(N(CCO)CCO)cc2C)cc1. The summed E-state index contributed by atoms with van der Waals surface area (Å²) in [6, 6.07) is 12.8. The van der Waals surface area contributed by atoms with Crippen LogP contribution in [-0.2, 0) is 4.79 Å². The fourth-order valence-electron chi connectivity index (χ4n) is 2.49. The third kappa shape index (κ3) is 5.65. The van der Waals surface area contributed by atoms with Crippen molar-refractivity contribution in [2.45, 2.75) is 13.8 Å². The fourth-order valence-corrected chi connectivity index (χ4v) is 2.49. The summed E-state index contributed by atoms with van der Waals surface area (Å²) >= 11 is 0. The molecule has 0 aliphatic carbocycles. The van der Waals surface area contributed by atoms with Crippen molar-refractivity contribution in [2.75, 3.05) is 36.5 Å². The molecular weight excluding hydrogens is 332 g/mol. The van der Waals surface area contributed by atoms with Crippen LogP contribution < -0.4 is 10.2 Å². The van der Waals surface area contributed by atoms with E-state index in [1.807, 2.05) is 30.0 Å². The average molecular weight is 356 g/mol. The van der Waals surface area contributed by atoms with E-state index in [1.54, 1.807) is 24.3 Å². The molecule has 0 aliphatic heterocycles. The molecule has 0 spiro atoms. The van der Waals surface area contributed by atoms with Crippen molar-refractivity contribution in [1.29, 1.82) is 0 Å². The molecule has 0 saturated heterocycles. The van der Waals surface area contributed by atoms with Crippen LogP contribution in [0.15, 0.2) is 52.7 Å². The molecule has 0 aliphatic rings. The normalized spacial score (nSPS) is 10.9. The number of hydrogen-bond donors (Lipinski definition) is 3. The van der Waals surface area contributed by atoms with Crippen molar-refractivity contribution in [1.82, 2.24) is 0 Å². The van der Waals surface area contributed by atoms with E-state index in [1.165, 1.54) is 6.92 Å². The maximum Gasteiger partial charge on any atom is 0.221 e. The quantitative estimate of drug-likeness (QED) is 0.633. The van der Waals surface area contributed by atoms with Crippen LogP contribution in [0.3, 0.4) is 0 Å². The first kappa shape index (κ1) is 19.6. The molecule has 0 aromatic heterocycles. The summed E-state index contributed by atoms with van der Waals surface area (Å²) in [6.45, 7) is 4.36. The number of aryl methyl sites for hydroxylation is 1. The molecule has 3 N–H and O–H groups in total. The number of anilines is 2. The Balaban J connectivity index is 2.11. The summed E-state index contributed by atoms with van der Waals surface area (Å²) in [5.41, 5.74) is 4.01. The zero-order valence-electron chi connectivity index (χ0n) is 15.0. The van der Waals surface area contributed by atoms with Gasteiger partial charge in [-0.15, -0.1) is 0 Å². The molecule has 0 fully saturated rings. The minimum Gasteiger partial charge on any atom is -0.395 e. The number of amides is 1. The standard InChI is InChI=1S/C19H24N4O3/c1-14-13-18(23(9-11-24)10-12-25)7-8-19(14)22-21-17-5-3-16(4-6-17)20-15(2)26/h3-8,13,24-25H,9-12H2,1-2H3,(H,20,26). The molecule has 1 amide bonds. The predicted molar refractivity (Wildman–Crippen MR) is 102 cm³/mol. The van der Waals surface area contributed by atoms with Gasteiger partial charge in [-0.1, -0.05) is 0 Å². The molecule has 2 aromatic carbocycles. The van der Waals surface area contributed by atoms with Crippen LogP contribution in [0, 0.1) is 6.92 Å². The van der Waals surface area contributed by atoms with Crippen molar-refractivity contribution in [3.8, 4) is 0 Å². The van der Waals surface area contributed by atoms with E-state index in [9.17, 15) is 4.79 Å². The molecule has 7 heteroatoms. The van der Waals surface area contributed by atoms with Gasteiger partial charge in [-0.3, -0.25) is 4.79 Å². The van der Waals surface area contributed by atoms with Gasteiger partial charge in [-0.05, 0) is 55.0 Å². The first-order chi connectivity index (χ1) is 12.5.